The molecule has 0 aromatic heterocycles. The highest BCUT2D eigenvalue weighted by atomic mass is 16.6. The van der Waals surface area contributed by atoms with Gasteiger partial charge in [-0.2, -0.15) is 0 Å². The number of benzene rings is 2. The lowest BCUT2D eigenvalue weighted by Gasteiger charge is -2.26. The van der Waals surface area contributed by atoms with Crippen molar-refractivity contribution in [3.8, 4) is 0 Å². The number of carboxylic acid groups (broad SMARTS) is 1. The van der Waals surface area contributed by atoms with Crippen LogP contribution in [0.5, 0.6) is 0 Å². The van der Waals surface area contributed by atoms with Crippen molar-refractivity contribution in [1.29, 1.82) is 0 Å². The van der Waals surface area contributed by atoms with Gasteiger partial charge in [0.2, 0.25) is 17.7 Å². The molecule has 5 atom stereocenters. The number of epoxide rings is 1. The molecule has 5 N–H and O–H groups in total. The molecule has 2 heterocycles. The lowest BCUT2D eigenvalue weighted by molar-refractivity contribution is -0.131. The number of carbonyl (C=O) groups is 4. The number of amides is 4. The summed E-state index contributed by atoms with van der Waals surface area (Å²) in [6, 6.07) is 11.1. The van der Waals surface area contributed by atoms with E-state index in [9.17, 15) is 24.3 Å². The number of carbonyl (C=O) groups excluding carboxylic acids is 3. The molecular weight excluding hydrogens is 488 g/mol. The first-order valence-corrected chi connectivity index (χ1v) is 13.2. The normalized spacial score (nSPS) is 20.9. The van der Waals surface area contributed by atoms with Crippen LogP contribution in [0, 0.1) is 11.8 Å². The smallest absolute Gasteiger partial charge is 0.405 e. The molecule has 38 heavy (non-hydrogen) atoms. The Bertz CT molecular complexity index is 1180. The second-order valence-electron chi connectivity index (χ2n) is 10.5. The summed E-state index contributed by atoms with van der Waals surface area (Å²) in [5, 5.41) is 22.3. The Hall–Kier alpha value is -3.66. The Kier molecular flexibility index (Phi) is 8.83. The third kappa shape index (κ3) is 7.22. The fourth-order valence-corrected chi connectivity index (χ4v) is 5.08. The van der Waals surface area contributed by atoms with Gasteiger partial charge in [0.1, 0.15) is 18.2 Å². The molecule has 0 bridgehead atoms. The minimum Gasteiger partial charge on any atom is -0.465 e. The van der Waals surface area contributed by atoms with Crippen molar-refractivity contribution in [3.63, 3.8) is 0 Å². The maximum atomic E-state index is 13.4. The molecule has 2 saturated heterocycles. The van der Waals surface area contributed by atoms with Crippen molar-refractivity contribution < 1.29 is 29.0 Å². The largest absolute Gasteiger partial charge is 0.465 e. The van der Waals surface area contributed by atoms with E-state index in [-0.39, 0.29) is 42.2 Å². The molecular formula is C28H36N4O6. The number of fused-ring (bicyclic) bond motifs is 1. The van der Waals surface area contributed by atoms with Gasteiger partial charge in [0.15, 0.2) is 0 Å². The van der Waals surface area contributed by atoms with E-state index in [0.29, 0.717) is 32.4 Å². The van der Waals surface area contributed by atoms with Crippen molar-refractivity contribution >= 4 is 34.6 Å². The van der Waals surface area contributed by atoms with Crippen LogP contribution < -0.4 is 21.3 Å². The van der Waals surface area contributed by atoms with E-state index in [2.05, 4.69) is 21.3 Å². The van der Waals surface area contributed by atoms with E-state index in [1.165, 1.54) is 0 Å². The van der Waals surface area contributed by atoms with Crippen LogP contribution in [0.15, 0.2) is 42.5 Å². The highest BCUT2D eigenvalue weighted by Gasteiger charge is 2.39. The van der Waals surface area contributed by atoms with E-state index in [1.807, 2.05) is 56.3 Å². The Balaban J connectivity index is 1.47. The molecule has 2 aromatic rings. The molecule has 0 aliphatic carbocycles. The van der Waals surface area contributed by atoms with Gasteiger partial charge in [-0.1, -0.05) is 56.3 Å². The highest BCUT2D eigenvalue weighted by molar-refractivity contribution is 5.92. The van der Waals surface area contributed by atoms with Gasteiger partial charge < -0.3 is 31.1 Å². The van der Waals surface area contributed by atoms with Gasteiger partial charge in [-0.05, 0) is 41.5 Å². The molecule has 2 fully saturated rings. The van der Waals surface area contributed by atoms with Crippen LogP contribution in [-0.4, -0.2) is 66.3 Å². The van der Waals surface area contributed by atoms with Crippen LogP contribution in [0.1, 0.15) is 38.7 Å². The summed E-state index contributed by atoms with van der Waals surface area (Å²) in [5.41, 5.74) is 0.822. The summed E-state index contributed by atoms with van der Waals surface area (Å²) in [6.45, 7) is 5.02. The molecule has 4 unspecified atom stereocenters. The standard InChI is InChI=1S/C28H36N4O6/c1-16(2)12-22(26(34)30-21(24-15-38-24)14-19-10-11-29-25(19)33)31-27(35)23(32-28(36)37)13-18-8-5-7-17-6-3-4-9-20(17)18/h3-9,16,19,21-24,32H,10-15H2,1-2H3,(H,29,33)(H,30,34)(H,31,35)(H,36,37)/t19-,21?,22?,23?,24?/m0/s1. The van der Waals surface area contributed by atoms with E-state index in [4.69, 9.17) is 4.74 Å². The summed E-state index contributed by atoms with van der Waals surface area (Å²) in [6.07, 6.45) is 0.195. The monoisotopic (exact) mass is 524 g/mol. The maximum Gasteiger partial charge on any atom is 0.405 e. The van der Waals surface area contributed by atoms with Gasteiger partial charge in [0.25, 0.3) is 0 Å². The topological polar surface area (TPSA) is 149 Å². The molecule has 2 aliphatic rings. The van der Waals surface area contributed by atoms with Gasteiger partial charge in [0, 0.05) is 18.9 Å². The molecule has 2 aliphatic heterocycles. The first-order valence-electron chi connectivity index (χ1n) is 13.2. The molecule has 10 nitrogen and oxygen atoms in total. The fraction of sp³-hybridized carbons (Fsp3) is 0.500. The second kappa shape index (κ2) is 12.3. The van der Waals surface area contributed by atoms with Crippen molar-refractivity contribution in [2.45, 2.75) is 63.8 Å². The fourth-order valence-electron chi connectivity index (χ4n) is 5.08. The van der Waals surface area contributed by atoms with Crippen LogP contribution in [0.25, 0.3) is 10.8 Å². The molecule has 2 aromatic carbocycles. The Morgan fingerprint density at radius 1 is 1.03 bits per heavy atom. The van der Waals surface area contributed by atoms with Crippen LogP contribution in [-0.2, 0) is 25.5 Å². The third-order valence-electron chi connectivity index (χ3n) is 7.10. The van der Waals surface area contributed by atoms with Crippen LogP contribution in [0.3, 0.4) is 0 Å². The summed E-state index contributed by atoms with van der Waals surface area (Å²) < 4.78 is 5.43. The van der Waals surface area contributed by atoms with Gasteiger partial charge >= 0.3 is 6.09 Å². The van der Waals surface area contributed by atoms with Crippen molar-refractivity contribution in [3.05, 3.63) is 48.0 Å². The predicted molar refractivity (Wildman–Crippen MR) is 141 cm³/mol. The molecule has 4 amide bonds. The van der Waals surface area contributed by atoms with Crippen molar-refractivity contribution in [1.82, 2.24) is 21.3 Å². The summed E-state index contributed by atoms with van der Waals surface area (Å²) in [5.74, 6) is -1.06. The van der Waals surface area contributed by atoms with E-state index in [0.717, 1.165) is 16.3 Å². The maximum absolute atomic E-state index is 13.4. The molecule has 0 spiro atoms. The summed E-state index contributed by atoms with van der Waals surface area (Å²) in [7, 11) is 0. The van der Waals surface area contributed by atoms with Gasteiger partial charge in [-0.15, -0.1) is 0 Å². The zero-order valence-electron chi connectivity index (χ0n) is 21.7. The Morgan fingerprint density at radius 3 is 2.39 bits per heavy atom. The number of rotatable bonds is 12. The summed E-state index contributed by atoms with van der Waals surface area (Å²) in [4.78, 5) is 50.4. The Morgan fingerprint density at radius 2 is 1.74 bits per heavy atom. The molecule has 204 valence electrons. The number of nitrogens with one attached hydrogen (secondary N) is 4. The lowest BCUT2D eigenvalue weighted by atomic mass is 9.95. The van der Waals surface area contributed by atoms with Crippen molar-refractivity contribution in [2.24, 2.45) is 11.8 Å². The third-order valence-corrected chi connectivity index (χ3v) is 7.10. The number of hydrogen-bond acceptors (Lipinski definition) is 5. The average molecular weight is 525 g/mol. The zero-order chi connectivity index (χ0) is 27.2. The average Bonchev–Trinajstić information content (AvgIpc) is 3.64. The predicted octanol–water partition coefficient (Wildman–Crippen LogP) is 1.96. The van der Waals surface area contributed by atoms with Gasteiger partial charge in [-0.25, -0.2) is 4.79 Å². The van der Waals surface area contributed by atoms with Crippen LogP contribution >= 0.6 is 0 Å². The summed E-state index contributed by atoms with van der Waals surface area (Å²) >= 11 is 0. The number of ether oxygens (including phenoxy) is 1. The quantitative estimate of drug-likeness (QED) is 0.268. The van der Waals surface area contributed by atoms with E-state index >= 15 is 0 Å². The molecule has 10 heteroatoms. The SMILES string of the molecule is CC(C)CC(NC(=O)C(Cc1cccc2ccccc12)NC(=O)O)C(=O)NC(C[C@@H]1CCNC1=O)C1CO1. The number of hydrogen-bond donors (Lipinski definition) is 5. The van der Waals surface area contributed by atoms with Crippen molar-refractivity contribution in [2.75, 3.05) is 13.2 Å². The van der Waals surface area contributed by atoms with Crippen LogP contribution in [0.2, 0.25) is 0 Å². The lowest BCUT2D eigenvalue weighted by Crippen LogP contribution is -2.56. The molecule has 0 saturated carbocycles. The highest BCUT2D eigenvalue weighted by Crippen LogP contribution is 2.24. The minimum atomic E-state index is -1.32. The van der Waals surface area contributed by atoms with E-state index in [1.54, 1.807) is 0 Å². The second-order valence-corrected chi connectivity index (χ2v) is 10.5. The first kappa shape index (κ1) is 27.4. The zero-order valence-corrected chi connectivity index (χ0v) is 21.7. The first-order chi connectivity index (χ1) is 18.2. The van der Waals surface area contributed by atoms with Gasteiger partial charge in [-0.3, -0.25) is 14.4 Å². The van der Waals surface area contributed by atoms with Crippen LogP contribution in [0.4, 0.5) is 4.79 Å². The Labute approximate surface area is 221 Å². The molecule has 0 radical (unpaired) electrons. The minimum absolute atomic E-state index is 0.0204. The molecule has 4 rings (SSSR count). The van der Waals surface area contributed by atoms with E-state index < -0.39 is 24.1 Å². The van der Waals surface area contributed by atoms with Gasteiger partial charge in [0.05, 0.1) is 12.6 Å².